The van der Waals surface area contributed by atoms with Gasteiger partial charge in [0.25, 0.3) is 5.91 Å². The third-order valence-electron chi connectivity index (χ3n) is 3.21. The zero-order valence-corrected chi connectivity index (χ0v) is 13.0. The summed E-state index contributed by atoms with van der Waals surface area (Å²) in [6, 6.07) is 1.48. The van der Waals surface area contributed by atoms with Gasteiger partial charge in [0.05, 0.1) is 11.8 Å². The number of hydrogen-bond donors (Lipinski definition) is 1. The highest BCUT2D eigenvalue weighted by atomic mass is 16.3. The third-order valence-corrected chi connectivity index (χ3v) is 3.21. The topological polar surface area (TPSA) is 53.4 Å². The van der Waals surface area contributed by atoms with E-state index in [-0.39, 0.29) is 11.7 Å². The molecule has 1 amide bonds. The first-order valence-corrected chi connectivity index (χ1v) is 7.33. The van der Waals surface area contributed by atoms with E-state index in [9.17, 15) is 9.90 Å². The first kappa shape index (κ1) is 16.5. The lowest BCUT2D eigenvalue weighted by molar-refractivity contribution is 0.0740. The molecule has 1 rings (SSSR count). The number of carbonyl (C=O) groups is 1. The molecule has 0 aliphatic carbocycles. The molecule has 0 spiro atoms. The Hall–Kier alpha value is -1.58. The Kier molecular flexibility index (Phi) is 6.49. The second kappa shape index (κ2) is 7.88. The average Bonchev–Trinajstić information content (AvgIpc) is 2.37. The Morgan fingerprint density at radius 2 is 1.70 bits per heavy atom. The molecule has 4 nitrogen and oxygen atoms in total. The van der Waals surface area contributed by atoms with Gasteiger partial charge in [-0.1, -0.05) is 27.7 Å². The van der Waals surface area contributed by atoms with Crippen molar-refractivity contribution >= 4 is 5.91 Å². The molecule has 0 radical (unpaired) electrons. The van der Waals surface area contributed by atoms with Crippen molar-refractivity contribution in [3.05, 3.63) is 24.0 Å². The number of amides is 1. The van der Waals surface area contributed by atoms with Crippen LogP contribution < -0.4 is 0 Å². The monoisotopic (exact) mass is 278 g/mol. The van der Waals surface area contributed by atoms with Crippen molar-refractivity contribution in [3.63, 3.8) is 0 Å². The Balaban J connectivity index is 2.76. The SMILES string of the molecule is CC(C)CCN(CCC(C)C)C(=O)c1cncc(O)c1. The molecule has 1 aromatic rings. The summed E-state index contributed by atoms with van der Waals surface area (Å²) in [6.45, 7) is 10.1. The molecule has 4 heteroatoms. The summed E-state index contributed by atoms with van der Waals surface area (Å²) in [7, 11) is 0. The maximum Gasteiger partial charge on any atom is 0.255 e. The van der Waals surface area contributed by atoms with Gasteiger partial charge in [-0.25, -0.2) is 0 Å². The van der Waals surface area contributed by atoms with Crippen LogP contribution >= 0.6 is 0 Å². The lowest BCUT2D eigenvalue weighted by atomic mass is 10.1. The molecular weight excluding hydrogens is 252 g/mol. The van der Waals surface area contributed by atoms with Gasteiger partial charge in [0.1, 0.15) is 5.75 Å². The van der Waals surface area contributed by atoms with Crippen LogP contribution in [0.15, 0.2) is 18.5 Å². The molecule has 0 aliphatic rings. The minimum Gasteiger partial charge on any atom is -0.506 e. The number of carbonyl (C=O) groups excluding carboxylic acids is 1. The quantitative estimate of drug-likeness (QED) is 0.832. The third kappa shape index (κ3) is 5.59. The van der Waals surface area contributed by atoms with E-state index in [1.807, 2.05) is 4.90 Å². The van der Waals surface area contributed by atoms with Gasteiger partial charge in [-0.2, -0.15) is 0 Å². The zero-order chi connectivity index (χ0) is 15.1. The fraction of sp³-hybridized carbons (Fsp3) is 0.625. The Morgan fingerprint density at radius 1 is 1.15 bits per heavy atom. The van der Waals surface area contributed by atoms with E-state index in [4.69, 9.17) is 0 Å². The molecule has 1 N–H and O–H groups in total. The van der Waals surface area contributed by atoms with Crippen LogP contribution in [-0.4, -0.2) is 34.0 Å². The molecule has 0 aromatic carbocycles. The van der Waals surface area contributed by atoms with Crippen LogP contribution in [0.1, 0.15) is 50.9 Å². The lowest BCUT2D eigenvalue weighted by Crippen LogP contribution is -2.34. The standard InChI is InChI=1S/C16H26N2O2/c1-12(2)5-7-18(8-6-13(3)4)16(20)14-9-15(19)11-17-10-14/h9-13,19H,5-8H2,1-4H3. The number of hydrogen-bond acceptors (Lipinski definition) is 3. The van der Waals surface area contributed by atoms with E-state index in [2.05, 4.69) is 32.7 Å². The van der Waals surface area contributed by atoms with E-state index < -0.39 is 0 Å². The molecule has 1 aromatic heterocycles. The van der Waals surface area contributed by atoms with Crippen molar-refractivity contribution < 1.29 is 9.90 Å². The van der Waals surface area contributed by atoms with Crippen molar-refractivity contribution in [2.45, 2.75) is 40.5 Å². The Morgan fingerprint density at radius 3 is 2.15 bits per heavy atom. The first-order chi connectivity index (χ1) is 9.40. The van der Waals surface area contributed by atoms with Gasteiger partial charge in [0.15, 0.2) is 0 Å². The molecule has 0 fully saturated rings. The second-order valence-electron chi connectivity index (χ2n) is 6.09. The number of pyridine rings is 1. The Bertz CT molecular complexity index is 418. The van der Waals surface area contributed by atoms with E-state index in [1.165, 1.54) is 18.5 Å². The Labute approximate surface area is 121 Å². The molecule has 20 heavy (non-hydrogen) atoms. The molecule has 112 valence electrons. The van der Waals surface area contributed by atoms with Crippen LogP contribution in [0.25, 0.3) is 0 Å². The summed E-state index contributed by atoms with van der Waals surface area (Å²) in [4.78, 5) is 18.2. The fourth-order valence-corrected chi connectivity index (χ4v) is 1.87. The van der Waals surface area contributed by atoms with Crippen LogP contribution in [0.5, 0.6) is 5.75 Å². The summed E-state index contributed by atoms with van der Waals surface area (Å²) in [5.41, 5.74) is 0.456. The molecule has 0 aliphatic heterocycles. The van der Waals surface area contributed by atoms with Gasteiger partial charge < -0.3 is 10.0 Å². The predicted molar refractivity (Wildman–Crippen MR) is 80.7 cm³/mol. The molecular formula is C16H26N2O2. The molecule has 1 heterocycles. The van der Waals surface area contributed by atoms with E-state index in [0.717, 1.165) is 25.9 Å². The maximum atomic E-state index is 12.5. The summed E-state index contributed by atoms with van der Waals surface area (Å²) in [5.74, 6) is 1.11. The smallest absolute Gasteiger partial charge is 0.255 e. The maximum absolute atomic E-state index is 12.5. The summed E-state index contributed by atoms with van der Waals surface area (Å²) < 4.78 is 0. The van der Waals surface area contributed by atoms with Crippen LogP contribution in [0.4, 0.5) is 0 Å². The van der Waals surface area contributed by atoms with Gasteiger partial charge in [0.2, 0.25) is 0 Å². The molecule has 0 bridgehead atoms. The van der Waals surface area contributed by atoms with Gasteiger partial charge >= 0.3 is 0 Å². The minimum atomic E-state index is -0.0466. The van der Waals surface area contributed by atoms with Crippen LogP contribution in [0, 0.1) is 11.8 Å². The fourth-order valence-electron chi connectivity index (χ4n) is 1.87. The van der Waals surface area contributed by atoms with E-state index in [1.54, 1.807) is 0 Å². The minimum absolute atomic E-state index is 0.0310. The first-order valence-electron chi connectivity index (χ1n) is 7.33. The van der Waals surface area contributed by atoms with Crippen molar-refractivity contribution in [1.29, 1.82) is 0 Å². The molecule has 0 unspecified atom stereocenters. The number of rotatable bonds is 7. The number of aromatic nitrogens is 1. The molecule has 0 saturated heterocycles. The van der Waals surface area contributed by atoms with E-state index in [0.29, 0.717) is 17.4 Å². The zero-order valence-electron chi connectivity index (χ0n) is 13.0. The van der Waals surface area contributed by atoms with Gasteiger partial charge in [-0.15, -0.1) is 0 Å². The summed E-state index contributed by atoms with van der Waals surface area (Å²) in [6.07, 6.45) is 4.81. The van der Waals surface area contributed by atoms with Gasteiger partial charge in [0, 0.05) is 19.3 Å². The van der Waals surface area contributed by atoms with Crippen molar-refractivity contribution in [1.82, 2.24) is 9.88 Å². The van der Waals surface area contributed by atoms with Crippen molar-refractivity contribution in [2.75, 3.05) is 13.1 Å². The van der Waals surface area contributed by atoms with Crippen molar-refractivity contribution in [3.8, 4) is 5.75 Å². The summed E-state index contributed by atoms with van der Waals surface area (Å²) in [5, 5.41) is 9.45. The highest BCUT2D eigenvalue weighted by Crippen LogP contribution is 2.14. The van der Waals surface area contributed by atoms with Crippen LogP contribution in [-0.2, 0) is 0 Å². The molecule has 0 saturated carbocycles. The average molecular weight is 278 g/mol. The lowest BCUT2D eigenvalue weighted by Gasteiger charge is -2.24. The van der Waals surface area contributed by atoms with Gasteiger partial charge in [-0.05, 0) is 30.7 Å². The van der Waals surface area contributed by atoms with Gasteiger partial charge in [-0.3, -0.25) is 9.78 Å². The van der Waals surface area contributed by atoms with Crippen molar-refractivity contribution in [2.24, 2.45) is 11.8 Å². The summed E-state index contributed by atoms with van der Waals surface area (Å²) >= 11 is 0. The molecule has 0 atom stereocenters. The largest absolute Gasteiger partial charge is 0.506 e. The normalized spacial score (nSPS) is 11.1. The highest BCUT2D eigenvalue weighted by Gasteiger charge is 2.17. The van der Waals surface area contributed by atoms with E-state index >= 15 is 0 Å². The predicted octanol–water partition coefficient (Wildman–Crippen LogP) is 3.32. The number of nitrogens with zero attached hydrogens (tertiary/aromatic N) is 2. The number of aromatic hydroxyl groups is 1. The van der Waals surface area contributed by atoms with Crippen LogP contribution in [0.3, 0.4) is 0 Å². The highest BCUT2D eigenvalue weighted by molar-refractivity contribution is 5.94. The second-order valence-corrected chi connectivity index (χ2v) is 6.09. The van der Waals surface area contributed by atoms with Crippen LogP contribution in [0.2, 0.25) is 0 Å².